The molecule has 3 aromatic rings. The Hall–Kier alpha value is -2.16. The van der Waals surface area contributed by atoms with Crippen LogP contribution in [0.2, 0.25) is 0 Å². The molecule has 3 rings (SSSR count). The third-order valence-corrected chi connectivity index (χ3v) is 2.37. The van der Waals surface area contributed by atoms with E-state index in [0.29, 0.717) is 0 Å². The van der Waals surface area contributed by atoms with Gasteiger partial charge in [0.1, 0.15) is 5.65 Å². The molecule has 72 valence electrons. The van der Waals surface area contributed by atoms with Crippen molar-refractivity contribution in [1.82, 2.24) is 14.5 Å². The largest absolute Gasteiger partial charge is 0.300 e. The van der Waals surface area contributed by atoms with Crippen LogP contribution < -0.4 is 0 Å². The fraction of sp³-hybridized carbons (Fsp3) is 0. The van der Waals surface area contributed by atoms with E-state index < -0.39 is 0 Å². The van der Waals surface area contributed by atoms with Crippen molar-refractivity contribution < 1.29 is 0 Å². The van der Waals surface area contributed by atoms with Crippen molar-refractivity contribution in [3.8, 4) is 5.69 Å². The Kier molecular flexibility index (Phi) is 1.75. The molecule has 0 saturated carbocycles. The van der Waals surface area contributed by atoms with Gasteiger partial charge < -0.3 is 0 Å². The molecule has 0 fully saturated rings. The van der Waals surface area contributed by atoms with Crippen molar-refractivity contribution in [2.45, 2.75) is 0 Å². The Balaban J connectivity index is 2.28. The maximum absolute atomic E-state index is 4.35. The minimum absolute atomic E-state index is 0.963. The van der Waals surface area contributed by atoms with Gasteiger partial charge in [0.2, 0.25) is 0 Å². The first kappa shape index (κ1) is 8.17. The van der Waals surface area contributed by atoms with Crippen LogP contribution in [0.4, 0.5) is 0 Å². The van der Waals surface area contributed by atoms with Gasteiger partial charge in [-0.3, -0.25) is 9.55 Å². The van der Waals surface area contributed by atoms with E-state index in [0.717, 1.165) is 16.7 Å². The van der Waals surface area contributed by atoms with Gasteiger partial charge in [0.25, 0.3) is 0 Å². The zero-order chi connectivity index (χ0) is 10.1. The highest BCUT2D eigenvalue weighted by molar-refractivity contribution is 5.77. The lowest BCUT2D eigenvalue weighted by atomic mass is 10.3. The van der Waals surface area contributed by atoms with Crippen LogP contribution in [-0.2, 0) is 0 Å². The molecule has 0 aliphatic carbocycles. The first-order valence-corrected chi connectivity index (χ1v) is 4.77. The van der Waals surface area contributed by atoms with E-state index in [1.807, 2.05) is 35.2 Å². The van der Waals surface area contributed by atoms with Gasteiger partial charge in [-0.25, -0.2) is 4.98 Å². The monoisotopic (exact) mass is 195 g/mol. The Morgan fingerprint density at radius 3 is 2.80 bits per heavy atom. The Labute approximate surface area is 87.0 Å². The molecule has 0 aliphatic heterocycles. The standard InChI is InChI=1S/C12H9N3/c1-3-10-5-8-15(12(10)14-7-1)11-4-2-6-13-9-11/h1-9H. The normalized spacial score (nSPS) is 10.7. The van der Waals surface area contributed by atoms with Crippen LogP contribution in [0.5, 0.6) is 0 Å². The SMILES string of the molecule is c1cncc(-n2ccc3cccnc32)c1. The van der Waals surface area contributed by atoms with E-state index in [9.17, 15) is 0 Å². The molecular formula is C12H9N3. The number of hydrogen-bond acceptors (Lipinski definition) is 2. The van der Waals surface area contributed by atoms with Gasteiger partial charge in [0.05, 0.1) is 11.9 Å². The second-order valence-electron chi connectivity index (χ2n) is 3.31. The molecule has 3 heteroatoms. The van der Waals surface area contributed by atoms with E-state index in [2.05, 4.69) is 22.1 Å². The topological polar surface area (TPSA) is 30.7 Å². The molecule has 0 amide bonds. The van der Waals surface area contributed by atoms with Crippen molar-refractivity contribution in [2.24, 2.45) is 0 Å². The molecular weight excluding hydrogens is 186 g/mol. The Morgan fingerprint density at radius 1 is 1.00 bits per heavy atom. The molecule has 0 N–H and O–H groups in total. The van der Waals surface area contributed by atoms with Crippen LogP contribution in [0.15, 0.2) is 55.1 Å². The molecule has 0 bridgehead atoms. The summed E-state index contributed by atoms with van der Waals surface area (Å²) in [7, 11) is 0. The molecule has 0 spiro atoms. The molecule has 0 radical (unpaired) electrons. The molecule has 0 aromatic carbocycles. The zero-order valence-electron chi connectivity index (χ0n) is 8.04. The van der Waals surface area contributed by atoms with Crippen molar-refractivity contribution in [3.05, 3.63) is 55.1 Å². The highest BCUT2D eigenvalue weighted by atomic mass is 15.0. The van der Waals surface area contributed by atoms with E-state index in [1.165, 1.54) is 0 Å². The fourth-order valence-corrected chi connectivity index (χ4v) is 1.67. The zero-order valence-corrected chi connectivity index (χ0v) is 8.04. The maximum atomic E-state index is 4.35. The molecule has 0 saturated heterocycles. The molecule has 0 unspecified atom stereocenters. The van der Waals surface area contributed by atoms with Crippen molar-refractivity contribution in [1.29, 1.82) is 0 Å². The summed E-state index contributed by atoms with van der Waals surface area (Å²) in [5, 5.41) is 1.14. The van der Waals surface area contributed by atoms with Crippen LogP contribution in [0.3, 0.4) is 0 Å². The van der Waals surface area contributed by atoms with E-state index >= 15 is 0 Å². The predicted molar refractivity (Wildman–Crippen MR) is 58.9 cm³/mol. The number of nitrogens with zero attached hydrogens (tertiary/aromatic N) is 3. The third-order valence-electron chi connectivity index (χ3n) is 2.37. The summed E-state index contributed by atoms with van der Waals surface area (Å²) in [5.74, 6) is 0. The second-order valence-corrected chi connectivity index (χ2v) is 3.31. The van der Waals surface area contributed by atoms with Crippen molar-refractivity contribution >= 4 is 11.0 Å². The molecule has 3 aromatic heterocycles. The molecule has 15 heavy (non-hydrogen) atoms. The highest BCUT2D eigenvalue weighted by Gasteiger charge is 2.02. The lowest BCUT2D eigenvalue weighted by Gasteiger charge is -2.02. The average molecular weight is 195 g/mol. The summed E-state index contributed by atoms with van der Waals surface area (Å²) in [6, 6.07) is 9.98. The van der Waals surface area contributed by atoms with Gasteiger partial charge >= 0.3 is 0 Å². The smallest absolute Gasteiger partial charge is 0.144 e. The van der Waals surface area contributed by atoms with Gasteiger partial charge in [-0.05, 0) is 30.3 Å². The minimum atomic E-state index is 0.963. The van der Waals surface area contributed by atoms with E-state index in [1.54, 1.807) is 12.4 Å². The molecule has 0 aliphatic rings. The summed E-state index contributed by atoms with van der Waals surface area (Å²) in [4.78, 5) is 8.45. The molecule has 0 atom stereocenters. The van der Waals surface area contributed by atoms with Crippen LogP contribution >= 0.6 is 0 Å². The van der Waals surface area contributed by atoms with Gasteiger partial charge in [0.15, 0.2) is 0 Å². The first-order chi connectivity index (χ1) is 7.45. The minimum Gasteiger partial charge on any atom is -0.300 e. The van der Waals surface area contributed by atoms with Crippen LogP contribution in [-0.4, -0.2) is 14.5 Å². The van der Waals surface area contributed by atoms with E-state index in [-0.39, 0.29) is 0 Å². The Bertz CT molecular complexity index is 584. The summed E-state index contributed by atoms with van der Waals surface area (Å²) < 4.78 is 2.03. The van der Waals surface area contributed by atoms with Gasteiger partial charge in [-0.15, -0.1) is 0 Å². The molecule has 3 nitrogen and oxygen atoms in total. The van der Waals surface area contributed by atoms with Crippen molar-refractivity contribution in [3.63, 3.8) is 0 Å². The van der Waals surface area contributed by atoms with Crippen LogP contribution in [0, 0.1) is 0 Å². The third kappa shape index (κ3) is 1.29. The van der Waals surface area contributed by atoms with Gasteiger partial charge in [-0.2, -0.15) is 0 Å². The summed E-state index contributed by atoms with van der Waals surface area (Å²) in [6.07, 6.45) is 7.40. The van der Waals surface area contributed by atoms with Gasteiger partial charge in [0, 0.05) is 24.0 Å². The number of pyridine rings is 2. The van der Waals surface area contributed by atoms with Crippen molar-refractivity contribution in [2.75, 3.05) is 0 Å². The summed E-state index contributed by atoms with van der Waals surface area (Å²) in [6.45, 7) is 0. The second kappa shape index (κ2) is 3.20. The number of fused-ring (bicyclic) bond motifs is 1. The lowest BCUT2D eigenvalue weighted by molar-refractivity contribution is 1.07. The summed E-state index contributed by atoms with van der Waals surface area (Å²) in [5.41, 5.74) is 2.00. The maximum Gasteiger partial charge on any atom is 0.144 e. The van der Waals surface area contributed by atoms with Crippen LogP contribution in [0.25, 0.3) is 16.7 Å². The van der Waals surface area contributed by atoms with Gasteiger partial charge in [-0.1, -0.05) is 0 Å². The predicted octanol–water partition coefficient (Wildman–Crippen LogP) is 2.42. The molecule has 3 heterocycles. The summed E-state index contributed by atoms with van der Waals surface area (Å²) >= 11 is 0. The Morgan fingerprint density at radius 2 is 1.93 bits per heavy atom. The fourth-order valence-electron chi connectivity index (χ4n) is 1.67. The number of rotatable bonds is 1. The lowest BCUT2D eigenvalue weighted by Crippen LogP contribution is -1.93. The number of hydrogen-bond donors (Lipinski definition) is 0. The van der Waals surface area contributed by atoms with Crippen LogP contribution in [0.1, 0.15) is 0 Å². The van der Waals surface area contributed by atoms with E-state index in [4.69, 9.17) is 0 Å². The number of aromatic nitrogens is 3. The quantitative estimate of drug-likeness (QED) is 0.597. The highest BCUT2D eigenvalue weighted by Crippen LogP contribution is 2.16. The average Bonchev–Trinajstić information content (AvgIpc) is 2.74. The first-order valence-electron chi connectivity index (χ1n) is 4.77.